The van der Waals surface area contributed by atoms with E-state index in [1.54, 1.807) is 0 Å². The Labute approximate surface area is 200 Å². The van der Waals surface area contributed by atoms with Crippen LogP contribution >= 0.6 is 11.6 Å². The minimum atomic E-state index is -0.927. The molecule has 4 rings (SSSR count). The van der Waals surface area contributed by atoms with Gasteiger partial charge < -0.3 is 20.9 Å². The molecule has 1 unspecified atom stereocenters. The fraction of sp³-hybridized carbons (Fsp3) is 0.364. The van der Waals surface area contributed by atoms with Crippen LogP contribution in [0.4, 0.5) is 31.9 Å². The molecule has 180 valence electrons. The summed E-state index contributed by atoms with van der Waals surface area (Å²) in [6.45, 7) is 6.08. The Balaban J connectivity index is 1.44. The summed E-state index contributed by atoms with van der Waals surface area (Å²) in [6, 6.07) is 2.07. The van der Waals surface area contributed by atoms with Crippen LogP contribution in [0.2, 0.25) is 5.02 Å². The van der Waals surface area contributed by atoms with Gasteiger partial charge in [-0.25, -0.2) is 13.8 Å². The van der Waals surface area contributed by atoms with E-state index in [4.69, 9.17) is 11.6 Å². The van der Waals surface area contributed by atoms with Gasteiger partial charge in [-0.15, -0.1) is 0 Å². The van der Waals surface area contributed by atoms with Crippen LogP contribution < -0.4 is 16.0 Å². The van der Waals surface area contributed by atoms with Gasteiger partial charge in [-0.1, -0.05) is 18.2 Å². The molecule has 0 saturated carbocycles. The number of hydrogen-bond acceptors (Lipinski definition) is 8. The Kier molecular flexibility index (Phi) is 7.23. The van der Waals surface area contributed by atoms with E-state index in [0.717, 1.165) is 38.1 Å². The molecule has 0 spiro atoms. The number of aromatic nitrogens is 2. The summed E-state index contributed by atoms with van der Waals surface area (Å²) in [5, 5.41) is 15.0. The zero-order valence-electron chi connectivity index (χ0n) is 18.6. The van der Waals surface area contributed by atoms with Gasteiger partial charge in [0.15, 0.2) is 5.82 Å². The van der Waals surface area contributed by atoms with E-state index in [0.29, 0.717) is 18.7 Å². The number of likely N-dealkylation sites (tertiary alicyclic amines) is 1. The largest absolute Gasteiger partial charge is 0.344 e. The van der Waals surface area contributed by atoms with Crippen LogP contribution in [-0.4, -0.2) is 70.8 Å². The van der Waals surface area contributed by atoms with Crippen molar-refractivity contribution >= 4 is 46.9 Å². The molecule has 1 aromatic carbocycles. The molecule has 1 fully saturated rings. The van der Waals surface area contributed by atoms with Crippen LogP contribution in [0, 0.1) is 11.6 Å². The van der Waals surface area contributed by atoms with E-state index in [1.807, 2.05) is 6.21 Å². The van der Waals surface area contributed by atoms with E-state index < -0.39 is 17.5 Å². The first-order valence-corrected chi connectivity index (χ1v) is 11.2. The van der Waals surface area contributed by atoms with Crippen LogP contribution in [-0.2, 0) is 4.79 Å². The highest BCUT2D eigenvalue weighted by molar-refractivity contribution is 6.32. The second-order valence-corrected chi connectivity index (χ2v) is 8.60. The van der Waals surface area contributed by atoms with Crippen LogP contribution in [0.15, 0.2) is 36.1 Å². The maximum absolute atomic E-state index is 14.4. The number of nitrogens with zero attached hydrogens (tertiary/aromatic N) is 5. The molecule has 12 heteroatoms. The molecule has 34 heavy (non-hydrogen) atoms. The third-order valence-corrected chi connectivity index (χ3v) is 5.98. The minimum Gasteiger partial charge on any atom is -0.344 e. The number of hydrazone groups is 1. The van der Waals surface area contributed by atoms with Crippen molar-refractivity contribution in [2.24, 2.45) is 5.10 Å². The van der Waals surface area contributed by atoms with Gasteiger partial charge in [0.1, 0.15) is 16.7 Å². The molecule has 2 aromatic rings. The van der Waals surface area contributed by atoms with E-state index in [1.165, 1.54) is 6.20 Å². The van der Waals surface area contributed by atoms with Gasteiger partial charge in [0.2, 0.25) is 11.9 Å². The highest BCUT2D eigenvalue weighted by Gasteiger charge is 2.27. The van der Waals surface area contributed by atoms with Crippen molar-refractivity contribution in [2.45, 2.75) is 24.9 Å². The fourth-order valence-electron chi connectivity index (χ4n) is 3.82. The van der Waals surface area contributed by atoms with Crippen molar-refractivity contribution in [1.29, 1.82) is 0 Å². The quantitative estimate of drug-likeness (QED) is 0.511. The number of piperidine rings is 1. The van der Waals surface area contributed by atoms with E-state index in [2.05, 4.69) is 54.6 Å². The number of hydrogen-bond donors (Lipinski definition) is 3. The second kappa shape index (κ2) is 10.3. The first kappa shape index (κ1) is 23.8. The molecule has 1 saturated heterocycles. The van der Waals surface area contributed by atoms with Gasteiger partial charge in [0, 0.05) is 18.3 Å². The average Bonchev–Trinajstić information content (AvgIpc) is 3.28. The molecule has 0 aliphatic carbocycles. The summed E-state index contributed by atoms with van der Waals surface area (Å²) in [7, 11) is 2.12. The van der Waals surface area contributed by atoms with E-state index in [-0.39, 0.29) is 34.2 Å². The van der Waals surface area contributed by atoms with Crippen LogP contribution in [0.3, 0.4) is 0 Å². The average molecular weight is 491 g/mol. The Morgan fingerprint density at radius 1 is 1.24 bits per heavy atom. The summed E-state index contributed by atoms with van der Waals surface area (Å²) in [5.41, 5.74) is -0.336. The molecular weight excluding hydrogens is 466 g/mol. The Morgan fingerprint density at radius 2 is 1.97 bits per heavy atom. The molecule has 1 aromatic heterocycles. The van der Waals surface area contributed by atoms with Crippen molar-refractivity contribution < 1.29 is 13.6 Å². The summed E-state index contributed by atoms with van der Waals surface area (Å²) in [6.07, 6.45) is 6.30. The minimum absolute atomic E-state index is 0.100. The van der Waals surface area contributed by atoms with Crippen molar-refractivity contribution in [2.75, 3.05) is 42.6 Å². The molecule has 0 radical (unpaired) electrons. The van der Waals surface area contributed by atoms with E-state index >= 15 is 0 Å². The lowest BCUT2D eigenvalue weighted by atomic mass is 10.1. The van der Waals surface area contributed by atoms with Gasteiger partial charge in [-0.05, 0) is 45.1 Å². The summed E-state index contributed by atoms with van der Waals surface area (Å²) in [4.78, 5) is 22.3. The lowest BCUT2D eigenvalue weighted by Crippen LogP contribution is -2.42. The molecule has 9 nitrogen and oxygen atoms in total. The maximum Gasteiger partial charge on any atom is 0.247 e. The van der Waals surface area contributed by atoms with Gasteiger partial charge in [0.05, 0.1) is 30.2 Å². The number of benzene rings is 1. The topological polar surface area (TPSA) is 97.8 Å². The highest BCUT2D eigenvalue weighted by atomic mass is 35.5. The monoisotopic (exact) mass is 490 g/mol. The SMILES string of the molecule is C=CC(=O)Nc1cc(Nc2nc(NC3C=NN(C4CCN(C)CC4)C3)ncc2Cl)c(F)cc1F. The standard InChI is InChI=1S/C22H25ClF2N8O/c1-3-20(34)29-18-9-19(17(25)8-16(18)24)30-21-15(23)11-26-22(31-21)28-13-10-27-33(12-13)14-4-6-32(2)7-5-14/h3,8-11,13-14H,1,4-7,12H2,2H3,(H,29,34)(H2,26,28,30,31). The first-order chi connectivity index (χ1) is 16.3. The van der Waals surface area contributed by atoms with Crippen LogP contribution in [0.1, 0.15) is 12.8 Å². The third-order valence-electron chi connectivity index (χ3n) is 5.70. The molecule has 3 N–H and O–H groups in total. The molecular formula is C22H25ClF2N8O. The second-order valence-electron chi connectivity index (χ2n) is 8.19. The zero-order chi connectivity index (χ0) is 24.2. The van der Waals surface area contributed by atoms with Gasteiger partial charge in [-0.3, -0.25) is 9.80 Å². The van der Waals surface area contributed by atoms with E-state index in [9.17, 15) is 13.6 Å². The van der Waals surface area contributed by atoms with Gasteiger partial charge in [-0.2, -0.15) is 10.1 Å². The maximum atomic E-state index is 14.4. The lowest BCUT2D eigenvalue weighted by Gasteiger charge is -2.34. The Morgan fingerprint density at radius 3 is 2.71 bits per heavy atom. The van der Waals surface area contributed by atoms with Gasteiger partial charge >= 0.3 is 0 Å². The number of anilines is 4. The number of halogens is 3. The Bertz CT molecular complexity index is 1110. The number of nitrogens with one attached hydrogen (secondary N) is 3. The predicted octanol–water partition coefficient (Wildman–Crippen LogP) is 3.45. The van der Waals surface area contributed by atoms with Crippen molar-refractivity contribution in [3.8, 4) is 0 Å². The molecule has 1 amide bonds. The highest BCUT2D eigenvalue weighted by Crippen LogP contribution is 2.29. The summed E-state index contributed by atoms with van der Waals surface area (Å²) in [5.74, 6) is -2.04. The van der Waals surface area contributed by atoms with Crippen molar-refractivity contribution in [1.82, 2.24) is 19.9 Å². The first-order valence-electron chi connectivity index (χ1n) is 10.8. The van der Waals surface area contributed by atoms with Gasteiger partial charge in [0.25, 0.3) is 0 Å². The third kappa shape index (κ3) is 5.60. The van der Waals surface area contributed by atoms with Crippen LogP contribution in [0.5, 0.6) is 0 Å². The fourth-order valence-corrected chi connectivity index (χ4v) is 3.96. The number of carbonyl (C=O) groups is 1. The molecule has 2 aliphatic rings. The smallest absolute Gasteiger partial charge is 0.247 e. The zero-order valence-corrected chi connectivity index (χ0v) is 19.3. The lowest BCUT2D eigenvalue weighted by molar-refractivity contribution is -0.111. The Hall–Kier alpha value is -3.31. The molecule has 1 atom stereocenters. The number of amides is 1. The van der Waals surface area contributed by atoms with Crippen molar-refractivity contribution in [3.63, 3.8) is 0 Å². The normalized spacial score (nSPS) is 18.7. The summed E-state index contributed by atoms with van der Waals surface area (Å²) < 4.78 is 28.4. The van der Waals surface area contributed by atoms with Crippen LogP contribution in [0.25, 0.3) is 0 Å². The predicted molar refractivity (Wildman–Crippen MR) is 129 cm³/mol. The number of rotatable bonds is 7. The van der Waals surface area contributed by atoms with Crippen molar-refractivity contribution in [3.05, 3.63) is 47.6 Å². The molecule has 2 aliphatic heterocycles. The molecule has 3 heterocycles. The summed E-state index contributed by atoms with van der Waals surface area (Å²) >= 11 is 6.20. The number of carbonyl (C=O) groups excluding carboxylic acids is 1. The molecule has 0 bridgehead atoms.